The third-order valence-corrected chi connectivity index (χ3v) is 3.47. The lowest BCUT2D eigenvalue weighted by molar-refractivity contribution is -0.385. The third kappa shape index (κ3) is 2.22. The van der Waals surface area contributed by atoms with Crippen LogP contribution in [0.1, 0.15) is 17.2 Å². The Balaban J connectivity index is 1.89. The van der Waals surface area contributed by atoms with Crippen LogP contribution in [-0.4, -0.2) is 27.6 Å². The van der Waals surface area contributed by atoms with Gasteiger partial charge < -0.3 is 9.88 Å². The molecule has 1 aliphatic rings. The van der Waals surface area contributed by atoms with Crippen LogP contribution < -0.4 is 5.32 Å². The van der Waals surface area contributed by atoms with E-state index >= 15 is 0 Å². The van der Waals surface area contributed by atoms with Gasteiger partial charge in [0.25, 0.3) is 5.69 Å². The first-order valence-electron chi connectivity index (χ1n) is 6.19. The van der Waals surface area contributed by atoms with Gasteiger partial charge >= 0.3 is 0 Å². The summed E-state index contributed by atoms with van der Waals surface area (Å²) in [4.78, 5) is 14.8. The number of rotatable bonds is 4. The fraction of sp³-hybridized carbons (Fsp3) is 0.308. The molecule has 0 bridgehead atoms. The number of nitrogens with zero attached hydrogens (tertiary/aromatic N) is 3. The molecular weight excluding hydrogens is 244 g/mol. The van der Waals surface area contributed by atoms with E-state index in [4.69, 9.17) is 0 Å². The van der Waals surface area contributed by atoms with Gasteiger partial charge in [-0.25, -0.2) is 4.98 Å². The molecule has 0 amide bonds. The molecule has 6 heteroatoms. The van der Waals surface area contributed by atoms with Crippen molar-refractivity contribution < 1.29 is 4.92 Å². The zero-order chi connectivity index (χ0) is 13.2. The standard InChI is InChI=1S/C13H14N4O2/c18-17(19)12-4-2-1-3-10(12)8-16-9-15-7-13(16)11-5-14-6-11/h1-4,7,9,11,14H,5-6,8H2. The number of nitro groups is 1. The maximum Gasteiger partial charge on any atom is 0.274 e. The highest BCUT2D eigenvalue weighted by Gasteiger charge is 2.23. The number of imidazole rings is 1. The van der Waals surface area contributed by atoms with E-state index in [1.165, 1.54) is 6.07 Å². The predicted molar refractivity (Wildman–Crippen MR) is 70.0 cm³/mol. The lowest BCUT2D eigenvalue weighted by Gasteiger charge is -2.27. The van der Waals surface area contributed by atoms with E-state index < -0.39 is 0 Å². The zero-order valence-electron chi connectivity index (χ0n) is 10.3. The molecule has 1 aromatic carbocycles. The van der Waals surface area contributed by atoms with Gasteiger partial charge in [-0.1, -0.05) is 18.2 Å². The Morgan fingerprint density at radius 3 is 2.89 bits per heavy atom. The summed E-state index contributed by atoms with van der Waals surface area (Å²) in [5.74, 6) is 0.463. The average Bonchev–Trinajstić information content (AvgIpc) is 2.76. The van der Waals surface area contributed by atoms with Crippen molar-refractivity contribution in [3.05, 3.63) is 58.2 Å². The number of hydrogen-bond donors (Lipinski definition) is 1. The molecule has 0 atom stereocenters. The largest absolute Gasteiger partial charge is 0.330 e. The summed E-state index contributed by atoms with van der Waals surface area (Å²) >= 11 is 0. The van der Waals surface area contributed by atoms with Crippen LogP contribution in [0.25, 0.3) is 0 Å². The smallest absolute Gasteiger partial charge is 0.274 e. The number of nitrogens with one attached hydrogen (secondary N) is 1. The first-order valence-corrected chi connectivity index (χ1v) is 6.19. The normalized spacial score (nSPS) is 15.2. The van der Waals surface area contributed by atoms with Gasteiger partial charge in [0.05, 0.1) is 17.8 Å². The van der Waals surface area contributed by atoms with Crippen molar-refractivity contribution in [1.82, 2.24) is 14.9 Å². The molecule has 1 N–H and O–H groups in total. The van der Waals surface area contributed by atoms with Crippen LogP contribution in [0.5, 0.6) is 0 Å². The minimum Gasteiger partial charge on any atom is -0.330 e. The second-order valence-electron chi connectivity index (χ2n) is 4.69. The molecule has 98 valence electrons. The van der Waals surface area contributed by atoms with E-state index in [9.17, 15) is 10.1 Å². The molecule has 0 spiro atoms. The molecule has 2 heterocycles. The molecule has 1 aromatic heterocycles. The Bertz CT molecular complexity index is 604. The van der Waals surface area contributed by atoms with Gasteiger partial charge in [-0.3, -0.25) is 10.1 Å². The van der Waals surface area contributed by atoms with Gasteiger partial charge in [-0.15, -0.1) is 0 Å². The van der Waals surface area contributed by atoms with E-state index in [0.29, 0.717) is 18.0 Å². The van der Waals surface area contributed by atoms with Crippen LogP contribution in [-0.2, 0) is 6.54 Å². The first kappa shape index (κ1) is 11.9. The summed E-state index contributed by atoms with van der Waals surface area (Å²) < 4.78 is 1.99. The number of benzene rings is 1. The fourth-order valence-corrected chi connectivity index (χ4v) is 2.31. The molecule has 0 saturated carbocycles. The van der Waals surface area contributed by atoms with Crippen molar-refractivity contribution in [2.45, 2.75) is 12.5 Å². The van der Waals surface area contributed by atoms with Crippen LogP contribution in [0.4, 0.5) is 5.69 Å². The van der Waals surface area contributed by atoms with Crippen LogP contribution >= 0.6 is 0 Å². The van der Waals surface area contributed by atoms with Crippen LogP contribution in [0, 0.1) is 10.1 Å². The molecule has 6 nitrogen and oxygen atoms in total. The minimum absolute atomic E-state index is 0.161. The van der Waals surface area contributed by atoms with Crippen molar-refractivity contribution in [3.8, 4) is 0 Å². The summed E-state index contributed by atoms with van der Waals surface area (Å²) in [5, 5.41) is 14.2. The Morgan fingerprint density at radius 1 is 1.42 bits per heavy atom. The van der Waals surface area contributed by atoms with E-state index in [1.54, 1.807) is 18.5 Å². The highest BCUT2D eigenvalue weighted by molar-refractivity contribution is 5.40. The minimum atomic E-state index is -0.336. The van der Waals surface area contributed by atoms with Gasteiger partial charge in [0, 0.05) is 42.5 Å². The van der Waals surface area contributed by atoms with Crippen molar-refractivity contribution >= 4 is 5.69 Å². The molecule has 3 rings (SSSR count). The van der Waals surface area contributed by atoms with Crippen molar-refractivity contribution in [2.75, 3.05) is 13.1 Å². The molecule has 1 aliphatic heterocycles. The van der Waals surface area contributed by atoms with Crippen molar-refractivity contribution in [1.29, 1.82) is 0 Å². The highest BCUT2D eigenvalue weighted by Crippen LogP contribution is 2.23. The summed E-state index contributed by atoms with van der Waals surface area (Å²) in [6, 6.07) is 6.84. The van der Waals surface area contributed by atoms with Crippen molar-refractivity contribution in [3.63, 3.8) is 0 Å². The quantitative estimate of drug-likeness (QED) is 0.666. The van der Waals surface area contributed by atoms with Crippen LogP contribution in [0.2, 0.25) is 0 Å². The van der Waals surface area contributed by atoms with Gasteiger partial charge in [0.1, 0.15) is 0 Å². The maximum absolute atomic E-state index is 11.0. The van der Waals surface area contributed by atoms with Gasteiger partial charge in [-0.2, -0.15) is 0 Å². The molecule has 0 radical (unpaired) electrons. The average molecular weight is 258 g/mol. The predicted octanol–water partition coefficient (Wildman–Crippen LogP) is 1.53. The molecule has 1 saturated heterocycles. The molecule has 0 unspecified atom stereocenters. The Labute approximate surface area is 110 Å². The summed E-state index contributed by atoms with van der Waals surface area (Å²) in [6.45, 7) is 2.38. The first-order chi connectivity index (χ1) is 9.25. The number of para-hydroxylation sites is 1. The Morgan fingerprint density at radius 2 is 2.21 bits per heavy atom. The fourth-order valence-electron chi connectivity index (χ4n) is 2.31. The summed E-state index contributed by atoms with van der Waals surface area (Å²) in [6.07, 6.45) is 3.59. The summed E-state index contributed by atoms with van der Waals surface area (Å²) in [7, 11) is 0. The second kappa shape index (κ2) is 4.81. The van der Waals surface area contributed by atoms with E-state index in [-0.39, 0.29) is 10.6 Å². The van der Waals surface area contributed by atoms with E-state index in [0.717, 1.165) is 18.8 Å². The van der Waals surface area contributed by atoms with E-state index in [1.807, 2.05) is 16.8 Å². The van der Waals surface area contributed by atoms with E-state index in [2.05, 4.69) is 10.3 Å². The maximum atomic E-state index is 11.0. The molecule has 1 fully saturated rings. The SMILES string of the molecule is O=[N+]([O-])c1ccccc1Cn1cncc1C1CNC1. The molecular formula is C13H14N4O2. The Hall–Kier alpha value is -2.21. The second-order valence-corrected chi connectivity index (χ2v) is 4.69. The molecule has 0 aliphatic carbocycles. The van der Waals surface area contributed by atoms with Crippen molar-refractivity contribution in [2.24, 2.45) is 0 Å². The number of nitro benzene ring substituents is 1. The van der Waals surface area contributed by atoms with Crippen LogP contribution in [0.3, 0.4) is 0 Å². The molecule has 2 aromatic rings. The zero-order valence-corrected chi connectivity index (χ0v) is 10.3. The lowest BCUT2D eigenvalue weighted by atomic mass is 10.00. The topological polar surface area (TPSA) is 73.0 Å². The lowest BCUT2D eigenvalue weighted by Crippen LogP contribution is -2.40. The van der Waals surface area contributed by atoms with Gasteiger partial charge in [-0.05, 0) is 0 Å². The van der Waals surface area contributed by atoms with Gasteiger partial charge in [0.2, 0.25) is 0 Å². The van der Waals surface area contributed by atoms with Crippen LogP contribution in [0.15, 0.2) is 36.8 Å². The monoisotopic (exact) mass is 258 g/mol. The molecule has 19 heavy (non-hydrogen) atoms. The third-order valence-electron chi connectivity index (χ3n) is 3.47. The number of hydrogen-bond acceptors (Lipinski definition) is 4. The Kier molecular flexibility index (Phi) is 3.00. The highest BCUT2D eigenvalue weighted by atomic mass is 16.6. The summed E-state index contributed by atoms with van der Waals surface area (Å²) in [5.41, 5.74) is 2.00. The number of aromatic nitrogens is 2. The van der Waals surface area contributed by atoms with Gasteiger partial charge in [0.15, 0.2) is 0 Å².